The lowest BCUT2D eigenvalue weighted by Crippen LogP contribution is -2.22. The first-order valence-electron chi connectivity index (χ1n) is 6.55. The molecular weight excluding hydrogens is 210 g/mol. The van der Waals surface area contributed by atoms with Gasteiger partial charge in [0.2, 0.25) is 0 Å². The van der Waals surface area contributed by atoms with E-state index in [1.807, 2.05) is 0 Å². The monoisotopic (exact) mass is 233 g/mol. The van der Waals surface area contributed by atoms with E-state index in [0.717, 1.165) is 36.3 Å². The van der Waals surface area contributed by atoms with Crippen molar-refractivity contribution >= 4 is 5.82 Å². The number of aromatic nitrogens is 1. The molecular formula is C14H23N3. The third-order valence-electron chi connectivity index (χ3n) is 3.70. The first-order chi connectivity index (χ1) is 8.13. The highest BCUT2D eigenvalue weighted by molar-refractivity contribution is 5.42. The quantitative estimate of drug-likeness (QED) is 0.847. The van der Waals surface area contributed by atoms with Crippen molar-refractivity contribution in [2.45, 2.75) is 33.2 Å². The van der Waals surface area contributed by atoms with Gasteiger partial charge in [0.15, 0.2) is 0 Å². The van der Waals surface area contributed by atoms with Gasteiger partial charge < -0.3 is 10.6 Å². The second-order valence-corrected chi connectivity index (χ2v) is 5.24. The predicted molar refractivity (Wildman–Crippen MR) is 72.0 cm³/mol. The molecule has 1 heterocycles. The summed E-state index contributed by atoms with van der Waals surface area (Å²) in [6.45, 7) is 6.16. The first kappa shape index (κ1) is 12.4. The van der Waals surface area contributed by atoms with E-state index in [9.17, 15) is 0 Å². The van der Waals surface area contributed by atoms with Crippen LogP contribution >= 0.6 is 0 Å². The molecule has 0 bridgehead atoms. The maximum atomic E-state index is 5.73. The molecule has 2 unspecified atom stereocenters. The Morgan fingerprint density at radius 3 is 2.71 bits per heavy atom. The molecule has 2 atom stereocenters. The Labute approximate surface area is 104 Å². The molecule has 0 saturated heterocycles. The van der Waals surface area contributed by atoms with E-state index in [2.05, 4.69) is 42.9 Å². The minimum absolute atomic E-state index is 0.593. The van der Waals surface area contributed by atoms with Crippen molar-refractivity contribution in [1.82, 2.24) is 4.98 Å². The number of nitrogens with two attached hydrogens (primary N) is 1. The lowest BCUT2D eigenvalue weighted by molar-refractivity contribution is 0.717. The van der Waals surface area contributed by atoms with E-state index in [1.54, 1.807) is 0 Å². The molecule has 94 valence electrons. The average molecular weight is 233 g/mol. The fourth-order valence-electron chi connectivity index (χ4n) is 2.23. The summed E-state index contributed by atoms with van der Waals surface area (Å²) in [6, 6.07) is 4.23. The summed E-state index contributed by atoms with van der Waals surface area (Å²) in [6.07, 6.45) is 2.33. The van der Waals surface area contributed by atoms with Gasteiger partial charge in [0.05, 0.1) is 0 Å². The van der Waals surface area contributed by atoms with E-state index >= 15 is 0 Å². The molecule has 0 spiro atoms. The Kier molecular flexibility index (Phi) is 3.67. The third-order valence-corrected chi connectivity index (χ3v) is 3.70. The Bertz CT molecular complexity index is 367. The van der Waals surface area contributed by atoms with Crippen LogP contribution in [0.2, 0.25) is 0 Å². The van der Waals surface area contributed by atoms with Crippen LogP contribution in [0.1, 0.15) is 31.5 Å². The molecule has 0 radical (unpaired) electrons. The molecule has 1 saturated carbocycles. The van der Waals surface area contributed by atoms with Gasteiger partial charge in [-0.3, -0.25) is 0 Å². The van der Waals surface area contributed by atoms with Crippen molar-refractivity contribution < 1.29 is 0 Å². The third kappa shape index (κ3) is 2.97. The molecule has 0 aliphatic heterocycles. The summed E-state index contributed by atoms with van der Waals surface area (Å²) >= 11 is 0. The number of hydrogen-bond acceptors (Lipinski definition) is 3. The highest BCUT2D eigenvalue weighted by atomic mass is 15.2. The van der Waals surface area contributed by atoms with Crippen LogP contribution in [0.15, 0.2) is 12.1 Å². The Morgan fingerprint density at radius 1 is 1.47 bits per heavy atom. The number of pyridine rings is 1. The van der Waals surface area contributed by atoms with Gasteiger partial charge in [0, 0.05) is 25.8 Å². The van der Waals surface area contributed by atoms with Crippen LogP contribution in [0, 0.1) is 11.8 Å². The fourth-order valence-corrected chi connectivity index (χ4v) is 2.23. The maximum absolute atomic E-state index is 5.73. The van der Waals surface area contributed by atoms with Gasteiger partial charge in [-0.1, -0.05) is 13.8 Å². The van der Waals surface area contributed by atoms with Crippen LogP contribution in [-0.2, 0) is 13.0 Å². The summed E-state index contributed by atoms with van der Waals surface area (Å²) in [5.41, 5.74) is 8.05. The van der Waals surface area contributed by atoms with E-state index < -0.39 is 0 Å². The van der Waals surface area contributed by atoms with Gasteiger partial charge in [0.1, 0.15) is 5.82 Å². The smallest absolute Gasteiger partial charge is 0.128 e. The molecule has 1 fully saturated rings. The zero-order chi connectivity index (χ0) is 12.4. The van der Waals surface area contributed by atoms with E-state index in [4.69, 9.17) is 5.73 Å². The topological polar surface area (TPSA) is 42.1 Å². The molecule has 0 amide bonds. The van der Waals surface area contributed by atoms with Crippen LogP contribution in [0.4, 0.5) is 5.82 Å². The van der Waals surface area contributed by atoms with E-state index in [1.165, 1.54) is 12.0 Å². The summed E-state index contributed by atoms with van der Waals surface area (Å²) in [5.74, 6) is 2.82. The number of hydrogen-bond donors (Lipinski definition) is 1. The van der Waals surface area contributed by atoms with Crippen molar-refractivity contribution in [2.24, 2.45) is 17.6 Å². The summed E-state index contributed by atoms with van der Waals surface area (Å²) in [5, 5.41) is 0. The van der Waals surface area contributed by atoms with Gasteiger partial charge in [-0.25, -0.2) is 4.98 Å². The molecule has 1 aromatic rings. The van der Waals surface area contributed by atoms with Gasteiger partial charge in [-0.15, -0.1) is 0 Å². The van der Waals surface area contributed by atoms with E-state index in [-0.39, 0.29) is 0 Å². The minimum atomic E-state index is 0.593. The zero-order valence-electron chi connectivity index (χ0n) is 11.1. The molecule has 0 aromatic carbocycles. The normalized spacial score (nSPS) is 22.6. The summed E-state index contributed by atoms with van der Waals surface area (Å²) < 4.78 is 0. The van der Waals surface area contributed by atoms with Crippen LogP contribution in [0.5, 0.6) is 0 Å². The highest BCUT2D eigenvalue weighted by Crippen LogP contribution is 2.38. The van der Waals surface area contributed by atoms with Crippen molar-refractivity contribution in [2.75, 3.05) is 18.5 Å². The number of nitrogens with zero attached hydrogens (tertiary/aromatic N) is 2. The van der Waals surface area contributed by atoms with Gasteiger partial charge in [-0.2, -0.15) is 0 Å². The molecule has 3 nitrogen and oxygen atoms in total. The number of rotatable bonds is 5. The molecule has 1 aliphatic carbocycles. The second kappa shape index (κ2) is 5.05. The largest absolute Gasteiger partial charge is 0.359 e. The van der Waals surface area contributed by atoms with Crippen LogP contribution < -0.4 is 10.6 Å². The van der Waals surface area contributed by atoms with Gasteiger partial charge in [0.25, 0.3) is 0 Å². The molecule has 17 heavy (non-hydrogen) atoms. The SMILES string of the molecule is CCc1cc(CN)cc(N(C)CC2CC2C)n1. The summed E-state index contributed by atoms with van der Waals surface area (Å²) in [4.78, 5) is 6.95. The zero-order valence-corrected chi connectivity index (χ0v) is 11.1. The Balaban J connectivity index is 2.12. The average Bonchev–Trinajstić information content (AvgIpc) is 3.04. The molecule has 1 aromatic heterocycles. The molecule has 3 heteroatoms. The van der Waals surface area contributed by atoms with Crippen molar-refractivity contribution in [1.29, 1.82) is 0 Å². The number of aryl methyl sites for hydroxylation is 1. The fraction of sp³-hybridized carbons (Fsp3) is 0.643. The van der Waals surface area contributed by atoms with Crippen molar-refractivity contribution in [3.05, 3.63) is 23.4 Å². The first-order valence-corrected chi connectivity index (χ1v) is 6.55. The highest BCUT2D eigenvalue weighted by Gasteiger charge is 2.33. The van der Waals surface area contributed by atoms with Gasteiger partial charge >= 0.3 is 0 Å². The lowest BCUT2D eigenvalue weighted by atomic mass is 10.2. The number of anilines is 1. The standard InChI is InChI=1S/C14H23N3/c1-4-13-6-11(8-15)7-14(16-13)17(3)9-12-5-10(12)2/h6-7,10,12H,4-5,8-9,15H2,1-3H3. The second-order valence-electron chi connectivity index (χ2n) is 5.24. The van der Waals surface area contributed by atoms with Crippen LogP contribution in [0.3, 0.4) is 0 Å². The Morgan fingerprint density at radius 2 is 2.18 bits per heavy atom. The lowest BCUT2D eigenvalue weighted by Gasteiger charge is -2.19. The predicted octanol–water partition coefficient (Wildman–Crippen LogP) is 2.19. The Hall–Kier alpha value is -1.09. The van der Waals surface area contributed by atoms with Crippen LogP contribution in [-0.4, -0.2) is 18.6 Å². The summed E-state index contributed by atoms with van der Waals surface area (Å²) in [7, 11) is 2.13. The van der Waals surface area contributed by atoms with Crippen molar-refractivity contribution in [3.63, 3.8) is 0 Å². The molecule has 2 rings (SSSR count). The molecule has 2 N–H and O–H groups in total. The van der Waals surface area contributed by atoms with Crippen molar-refractivity contribution in [3.8, 4) is 0 Å². The maximum Gasteiger partial charge on any atom is 0.128 e. The molecule has 1 aliphatic rings. The van der Waals surface area contributed by atoms with Crippen LogP contribution in [0.25, 0.3) is 0 Å². The van der Waals surface area contributed by atoms with Gasteiger partial charge in [-0.05, 0) is 42.4 Å². The van der Waals surface area contributed by atoms with E-state index in [0.29, 0.717) is 6.54 Å². The minimum Gasteiger partial charge on any atom is -0.359 e.